The Kier molecular flexibility index (Phi) is 10.2. The second kappa shape index (κ2) is 16.8. The number of nitrogens with zero attached hydrogens (tertiary/aromatic N) is 3. The van der Waals surface area contributed by atoms with Crippen LogP contribution in [0.25, 0.3) is 111 Å². The van der Waals surface area contributed by atoms with E-state index in [0.717, 1.165) is 88.4 Å². The molecule has 0 saturated carbocycles. The lowest BCUT2D eigenvalue weighted by Gasteiger charge is -2.22. The number of benzene rings is 10. The Bertz CT molecular complexity index is 3690. The second-order valence-electron chi connectivity index (χ2n) is 19.5. The zero-order valence-electron chi connectivity index (χ0n) is 40.4. The summed E-state index contributed by atoms with van der Waals surface area (Å²) in [5.41, 5.74) is 25.3. The number of fused-ring (bicyclic) bond motifs is 6. The number of aromatic nitrogens is 2. The van der Waals surface area contributed by atoms with Gasteiger partial charge in [-0.3, -0.25) is 0 Å². The minimum atomic E-state index is 0.581. The molecule has 0 N–H and O–H groups in total. The lowest BCUT2D eigenvalue weighted by atomic mass is 9.95. The van der Waals surface area contributed by atoms with Crippen LogP contribution in [-0.4, -0.2) is 9.13 Å². The molecule has 0 aliphatic carbocycles. The molecule has 12 rings (SSSR count). The normalized spacial score (nSPS) is 11.6. The van der Waals surface area contributed by atoms with Gasteiger partial charge in [-0.25, -0.2) is 0 Å². The average molecular weight is 898 g/mol. The maximum absolute atomic E-state index is 11.3. The monoisotopic (exact) mass is 897 g/mol. The summed E-state index contributed by atoms with van der Waals surface area (Å²) in [6, 6.07) is 76.4. The number of hydrogen-bond donors (Lipinski definition) is 0. The van der Waals surface area contributed by atoms with Gasteiger partial charge in [0.1, 0.15) is 0 Å². The number of nitriles is 1. The fraction of sp³-hybridized carbons (Fsp3) is 0.0896. The standard InChI is InChI=1S/C67H51N3/c1-41-11-7-15-48(28-41)52-19-23-57-58-24-20-53(49-16-8-12-42(2)29-49)37-62(58)69(61(57)36-52)65-34-47(40-68)35-66(67(65)56-32-45(5)27-46(6)33-56)70-63-38-54(50-17-9-13-43(3)30-50)21-25-59(63)60-26-22-55(39-64(60)70)51-18-10-14-44(4)31-51/h7-39H,1-6H3. The van der Waals surface area contributed by atoms with Crippen molar-refractivity contribution < 1.29 is 0 Å². The van der Waals surface area contributed by atoms with Gasteiger partial charge in [0, 0.05) is 27.1 Å². The highest BCUT2D eigenvalue weighted by molar-refractivity contribution is 6.14. The molecule has 0 aliphatic heterocycles. The maximum atomic E-state index is 11.3. The van der Waals surface area contributed by atoms with E-state index in [1.807, 2.05) is 0 Å². The van der Waals surface area contributed by atoms with Gasteiger partial charge in [0.2, 0.25) is 0 Å². The van der Waals surface area contributed by atoms with Crippen LogP contribution in [0.1, 0.15) is 38.9 Å². The molecule has 0 saturated heterocycles. The first kappa shape index (κ1) is 42.6. The minimum absolute atomic E-state index is 0.581. The summed E-state index contributed by atoms with van der Waals surface area (Å²) in [6.45, 7) is 13.0. The Morgan fingerprint density at radius 1 is 0.286 bits per heavy atom. The van der Waals surface area contributed by atoms with Gasteiger partial charge in [-0.1, -0.05) is 197 Å². The average Bonchev–Trinajstić information content (AvgIpc) is 3.86. The Balaban J connectivity index is 1.26. The fourth-order valence-electron chi connectivity index (χ4n) is 11.0. The SMILES string of the molecule is Cc1cccc(-c2ccc3c4ccc(-c5cccc(C)c5)cc4n(-c4cc(C#N)cc(-n5c6cc(-c7cccc(C)c7)ccc6c6ccc(-c7cccc(C)c7)cc65)c4-c4cc(C)cc(C)c4)c3c2)c1. The molecule has 0 spiro atoms. The molecule has 0 bridgehead atoms. The maximum Gasteiger partial charge on any atom is 0.0993 e. The van der Waals surface area contributed by atoms with Crippen molar-refractivity contribution in [1.82, 2.24) is 9.13 Å². The molecule has 10 aromatic carbocycles. The first-order valence-corrected chi connectivity index (χ1v) is 24.2. The number of hydrogen-bond acceptors (Lipinski definition) is 1. The van der Waals surface area contributed by atoms with Crippen molar-refractivity contribution in [2.24, 2.45) is 0 Å². The molecular formula is C67H51N3. The quantitative estimate of drug-likeness (QED) is 0.157. The summed E-state index contributed by atoms with van der Waals surface area (Å²) in [6.07, 6.45) is 0. The molecule has 0 unspecified atom stereocenters. The van der Waals surface area contributed by atoms with Crippen molar-refractivity contribution in [2.75, 3.05) is 0 Å². The van der Waals surface area contributed by atoms with Crippen molar-refractivity contribution in [1.29, 1.82) is 5.26 Å². The molecule has 2 aromatic heterocycles. The number of rotatable bonds is 7. The van der Waals surface area contributed by atoms with E-state index in [-0.39, 0.29) is 0 Å². The summed E-state index contributed by atoms with van der Waals surface area (Å²) in [7, 11) is 0. The predicted molar refractivity (Wildman–Crippen MR) is 295 cm³/mol. The van der Waals surface area contributed by atoms with Gasteiger partial charge in [0.05, 0.1) is 45.1 Å². The van der Waals surface area contributed by atoms with Crippen molar-refractivity contribution in [3.63, 3.8) is 0 Å². The van der Waals surface area contributed by atoms with Gasteiger partial charge in [0.15, 0.2) is 0 Å². The highest BCUT2D eigenvalue weighted by Gasteiger charge is 2.25. The lowest BCUT2D eigenvalue weighted by molar-refractivity contribution is 1.13. The summed E-state index contributed by atoms with van der Waals surface area (Å²) in [5, 5.41) is 15.9. The lowest BCUT2D eigenvalue weighted by Crippen LogP contribution is -2.05. The van der Waals surface area contributed by atoms with E-state index in [4.69, 9.17) is 0 Å². The molecule has 0 fully saturated rings. The van der Waals surface area contributed by atoms with Crippen LogP contribution in [-0.2, 0) is 0 Å². The summed E-state index contributed by atoms with van der Waals surface area (Å²) in [5.74, 6) is 0. The van der Waals surface area contributed by atoms with Crippen LogP contribution in [0.15, 0.2) is 200 Å². The van der Waals surface area contributed by atoms with Gasteiger partial charge in [-0.15, -0.1) is 0 Å². The first-order chi connectivity index (χ1) is 34.1. The van der Waals surface area contributed by atoms with Crippen LogP contribution < -0.4 is 0 Å². The van der Waals surface area contributed by atoms with E-state index in [2.05, 4.69) is 257 Å². The third kappa shape index (κ3) is 7.37. The van der Waals surface area contributed by atoms with Crippen LogP contribution in [0.5, 0.6) is 0 Å². The van der Waals surface area contributed by atoms with Gasteiger partial charge < -0.3 is 9.13 Å². The highest BCUT2D eigenvalue weighted by Crippen LogP contribution is 2.46. The molecule has 334 valence electrons. The van der Waals surface area contributed by atoms with E-state index in [9.17, 15) is 5.26 Å². The molecule has 0 aliphatic rings. The van der Waals surface area contributed by atoms with Crippen molar-refractivity contribution in [3.05, 3.63) is 239 Å². The molecule has 70 heavy (non-hydrogen) atoms. The van der Waals surface area contributed by atoms with E-state index in [0.29, 0.717) is 5.56 Å². The molecule has 12 aromatic rings. The van der Waals surface area contributed by atoms with E-state index < -0.39 is 0 Å². The minimum Gasteiger partial charge on any atom is -0.308 e. The van der Waals surface area contributed by atoms with Gasteiger partial charge >= 0.3 is 0 Å². The predicted octanol–water partition coefficient (Wildman–Crippen LogP) is 17.9. The molecule has 0 atom stereocenters. The zero-order valence-corrected chi connectivity index (χ0v) is 40.4. The summed E-state index contributed by atoms with van der Waals surface area (Å²) < 4.78 is 4.90. The van der Waals surface area contributed by atoms with Crippen LogP contribution in [0.4, 0.5) is 0 Å². The van der Waals surface area contributed by atoms with Gasteiger partial charge in [0.25, 0.3) is 0 Å². The molecule has 0 radical (unpaired) electrons. The van der Waals surface area contributed by atoms with Crippen LogP contribution >= 0.6 is 0 Å². The van der Waals surface area contributed by atoms with E-state index in [1.54, 1.807) is 0 Å². The molecular weight excluding hydrogens is 847 g/mol. The van der Waals surface area contributed by atoms with Crippen molar-refractivity contribution in [2.45, 2.75) is 41.5 Å². The van der Waals surface area contributed by atoms with Crippen LogP contribution in [0.3, 0.4) is 0 Å². The third-order valence-corrected chi connectivity index (χ3v) is 14.2. The van der Waals surface area contributed by atoms with Gasteiger partial charge in [-0.05, 0) is 128 Å². The number of aryl methyl sites for hydroxylation is 6. The van der Waals surface area contributed by atoms with E-state index >= 15 is 0 Å². The summed E-state index contributed by atoms with van der Waals surface area (Å²) in [4.78, 5) is 0. The first-order valence-electron chi connectivity index (χ1n) is 24.2. The molecule has 3 nitrogen and oxygen atoms in total. The highest BCUT2D eigenvalue weighted by atomic mass is 15.0. The molecule has 3 heteroatoms. The van der Waals surface area contributed by atoms with Crippen LogP contribution in [0, 0.1) is 52.9 Å². The third-order valence-electron chi connectivity index (χ3n) is 14.2. The zero-order chi connectivity index (χ0) is 47.8. The van der Waals surface area contributed by atoms with Crippen molar-refractivity contribution >= 4 is 43.6 Å². The largest absolute Gasteiger partial charge is 0.308 e. The fourth-order valence-corrected chi connectivity index (χ4v) is 11.0. The van der Waals surface area contributed by atoms with E-state index in [1.165, 1.54) is 55.6 Å². The molecule has 0 amide bonds. The Hall–Kier alpha value is -8.71. The smallest absolute Gasteiger partial charge is 0.0993 e. The topological polar surface area (TPSA) is 33.6 Å². The Morgan fingerprint density at radius 2 is 0.571 bits per heavy atom. The van der Waals surface area contributed by atoms with Gasteiger partial charge in [-0.2, -0.15) is 5.26 Å². The second-order valence-corrected chi connectivity index (χ2v) is 19.5. The van der Waals surface area contributed by atoms with Crippen molar-refractivity contribution in [3.8, 4) is 73.1 Å². The Morgan fingerprint density at radius 3 is 0.857 bits per heavy atom. The summed E-state index contributed by atoms with van der Waals surface area (Å²) >= 11 is 0. The van der Waals surface area contributed by atoms with Crippen LogP contribution in [0.2, 0.25) is 0 Å². The molecule has 2 heterocycles. The Labute approximate surface area is 409 Å².